The fourth-order valence-corrected chi connectivity index (χ4v) is 2.88. The van der Waals surface area contributed by atoms with Gasteiger partial charge in [0, 0.05) is 12.1 Å². The molecule has 0 saturated carbocycles. The van der Waals surface area contributed by atoms with E-state index in [4.69, 9.17) is 0 Å². The third-order valence-corrected chi connectivity index (χ3v) is 3.83. The fourth-order valence-electron chi connectivity index (χ4n) is 2.14. The predicted molar refractivity (Wildman–Crippen MR) is 85.9 cm³/mol. The molecule has 0 aliphatic carbocycles. The normalized spacial score (nSPS) is 10.6. The highest BCUT2D eigenvalue weighted by molar-refractivity contribution is 14.1. The Balaban J connectivity index is 2.00. The Bertz CT molecular complexity index is 660. The van der Waals surface area contributed by atoms with Crippen LogP contribution in [0.25, 0.3) is 11.3 Å². The Morgan fingerprint density at radius 2 is 1.53 bits per heavy atom. The van der Waals surface area contributed by atoms with Gasteiger partial charge in [0.15, 0.2) is 0 Å². The van der Waals surface area contributed by atoms with Gasteiger partial charge in [0.2, 0.25) is 0 Å². The van der Waals surface area contributed by atoms with Gasteiger partial charge in [-0.2, -0.15) is 0 Å². The zero-order chi connectivity index (χ0) is 13.1. The van der Waals surface area contributed by atoms with Crippen LogP contribution in [0.1, 0.15) is 5.56 Å². The first-order valence-corrected chi connectivity index (χ1v) is 7.22. The van der Waals surface area contributed by atoms with Gasteiger partial charge in [-0.1, -0.05) is 60.7 Å². The van der Waals surface area contributed by atoms with Crippen LogP contribution in [-0.4, -0.2) is 9.55 Å². The molecule has 1 aromatic heterocycles. The molecule has 0 aliphatic rings. The highest BCUT2D eigenvalue weighted by Crippen LogP contribution is 2.25. The molecule has 2 nitrogen and oxygen atoms in total. The van der Waals surface area contributed by atoms with E-state index < -0.39 is 0 Å². The molecule has 3 heteroatoms. The maximum Gasteiger partial charge on any atom is 0.127 e. The summed E-state index contributed by atoms with van der Waals surface area (Å²) in [6.07, 6.45) is 1.91. The van der Waals surface area contributed by atoms with E-state index in [0.717, 1.165) is 10.2 Å². The minimum Gasteiger partial charge on any atom is -0.325 e. The molecular weight excluding hydrogens is 347 g/mol. The van der Waals surface area contributed by atoms with E-state index >= 15 is 0 Å². The number of halogens is 1. The van der Waals surface area contributed by atoms with Crippen molar-refractivity contribution in [3.8, 4) is 11.3 Å². The molecule has 94 valence electrons. The summed E-state index contributed by atoms with van der Waals surface area (Å²) < 4.78 is 3.24. The monoisotopic (exact) mass is 360 g/mol. The highest BCUT2D eigenvalue weighted by Gasteiger charge is 2.10. The van der Waals surface area contributed by atoms with Crippen molar-refractivity contribution in [1.29, 1.82) is 0 Å². The molecule has 3 rings (SSSR count). The first-order valence-electron chi connectivity index (χ1n) is 6.14. The van der Waals surface area contributed by atoms with Gasteiger partial charge in [0.25, 0.3) is 0 Å². The molecule has 0 aliphatic heterocycles. The Morgan fingerprint density at radius 1 is 0.895 bits per heavy atom. The van der Waals surface area contributed by atoms with Crippen LogP contribution in [0.15, 0.2) is 67.0 Å². The van der Waals surface area contributed by atoms with E-state index in [9.17, 15) is 0 Å². The lowest BCUT2D eigenvalue weighted by Gasteiger charge is -2.09. The van der Waals surface area contributed by atoms with Crippen LogP contribution in [0.4, 0.5) is 0 Å². The lowest BCUT2D eigenvalue weighted by atomic mass is 10.1. The fraction of sp³-hybridized carbons (Fsp3) is 0.0625. The van der Waals surface area contributed by atoms with Crippen molar-refractivity contribution >= 4 is 22.6 Å². The van der Waals surface area contributed by atoms with E-state index in [2.05, 4.69) is 80.7 Å². The number of nitrogens with zero attached hydrogens (tertiary/aromatic N) is 2. The van der Waals surface area contributed by atoms with Crippen molar-refractivity contribution in [2.75, 3.05) is 0 Å². The van der Waals surface area contributed by atoms with Gasteiger partial charge in [-0.15, -0.1) is 0 Å². The predicted octanol–water partition coefficient (Wildman–Crippen LogP) is 4.20. The van der Waals surface area contributed by atoms with E-state index in [0.29, 0.717) is 0 Å². The van der Waals surface area contributed by atoms with Crippen LogP contribution in [0, 0.1) is 3.70 Å². The minimum atomic E-state index is 0.848. The number of rotatable bonds is 3. The lowest BCUT2D eigenvalue weighted by molar-refractivity contribution is 0.804. The average molecular weight is 360 g/mol. The molecule has 0 spiro atoms. The first kappa shape index (κ1) is 12.4. The van der Waals surface area contributed by atoms with Crippen molar-refractivity contribution in [2.24, 2.45) is 0 Å². The van der Waals surface area contributed by atoms with Gasteiger partial charge in [-0.3, -0.25) is 0 Å². The Kier molecular flexibility index (Phi) is 3.64. The van der Waals surface area contributed by atoms with Crippen molar-refractivity contribution in [3.63, 3.8) is 0 Å². The Labute approximate surface area is 126 Å². The zero-order valence-electron chi connectivity index (χ0n) is 10.3. The molecule has 3 aromatic rings. The summed E-state index contributed by atoms with van der Waals surface area (Å²) in [6, 6.07) is 20.9. The van der Waals surface area contributed by atoms with Gasteiger partial charge in [0.1, 0.15) is 3.70 Å². The van der Waals surface area contributed by atoms with Crippen LogP contribution >= 0.6 is 22.6 Å². The topological polar surface area (TPSA) is 17.8 Å². The molecule has 2 aromatic carbocycles. The van der Waals surface area contributed by atoms with Crippen LogP contribution < -0.4 is 0 Å². The highest BCUT2D eigenvalue weighted by atomic mass is 127. The number of aromatic nitrogens is 2. The van der Waals surface area contributed by atoms with Crippen molar-refractivity contribution in [3.05, 3.63) is 76.3 Å². The summed E-state index contributed by atoms with van der Waals surface area (Å²) >= 11 is 2.30. The van der Waals surface area contributed by atoms with Gasteiger partial charge >= 0.3 is 0 Å². The summed E-state index contributed by atoms with van der Waals surface area (Å²) in [5.74, 6) is 0. The molecule has 19 heavy (non-hydrogen) atoms. The summed E-state index contributed by atoms with van der Waals surface area (Å²) in [5, 5.41) is 0. The molecule has 0 amide bonds. The summed E-state index contributed by atoms with van der Waals surface area (Å²) in [4.78, 5) is 4.44. The van der Waals surface area contributed by atoms with Gasteiger partial charge < -0.3 is 4.57 Å². The minimum absolute atomic E-state index is 0.848. The second-order valence-corrected chi connectivity index (χ2v) is 5.39. The quantitative estimate of drug-likeness (QED) is 0.640. The van der Waals surface area contributed by atoms with Gasteiger partial charge in [0.05, 0.1) is 12.0 Å². The molecule has 0 N–H and O–H groups in total. The maximum atomic E-state index is 4.44. The first-order chi connectivity index (χ1) is 9.34. The molecule has 0 fully saturated rings. The number of benzene rings is 2. The average Bonchev–Trinajstić information content (AvgIpc) is 2.82. The maximum absolute atomic E-state index is 4.44. The molecule has 0 saturated heterocycles. The van der Waals surface area contributed by atoms with E-state index in [1.165, 1.54) is 16.8 Å². The van der Waals surface area contributed by atoms with Crippen molar-refractivity contribution < 1.29 is 0 Å². The molecule has 0 unspecified atom stereocenters. The Hall–Kier alpha value is -1.62. The zero-order valence-corrected chi connectivity index (χ0v) is 12.5. The summed E-state index contributed by atoms with van der Waals surface area (Å²) in [6.45, 7) is 0.848. The number of hydrogen-bond donors (Lipinski definition) is 0. The van der Waals surface area contributed by atoms with Crippen LogP contribution in [0.2, 0.25) is 0 Å². The van der Waals surface area contributed by atoms with E-state index in [1.807, 2.05) is 18.5 Å². The van der Waals surface area contributed by atoms with Crippen LogP contribution in [-0.2, 0) is 6.54 Å². The Morgan fingerprint density at radius 3 is 2.21 bits per heavy atom. The molecular formula is C16H13IN2. The second-order valence-electron chi connectivity index (χ2n) is 4.36. The van der Waals surface area contributed by atoms with Crippen molar-refractivity contribution in [1.82, 2.24) is 9.55 Å². The number of imidazole rings is 1. The number of hydrogen-bond acceptors (Lipinski definition) is 1. The molecule has 0 radical (unpaired) electrons. The van der Waals surface area contributed by atoms with Crippen LogP contribution in [0.5, 0.6) is 0 Å². The smallest absolute Gasteiger partial charge is 0.127 e. The summed E-state index contributed by atoms with van der Waals surface area (Å²) in [5.41, 5.74) is 3.68. The lowest BCUT2D eigenvalue weighted by Crippen LogP contribution is -2.00. The molecule has 0 bridgehead atoms. The largest absolute Gasteiger partial charge is 0.325 e. The standard InChI is InChI=1S/C16H13IN2/c17-16-15(14-9-5-2-6-10-14)19(12-18-16)11-13-7-3-1-4-8-13/h1-10,12H,11H2. The third kappa shape index (κ3) is 2.71. The SMILES string of the molecule is Ic1ncn(Cc2ccccc2)c1-c1ccccc1. The summed E-state index contributed by atoms with van der Waals surface area (Å²) in [7, 11) is 0. The van der Waals surface area contributed by atoms with E-state index in [-0.39, 0.29) is 0 Å². The third-order valence-electron chi connectivity index (χ3n) is 3.04. The molecule has 1 heterocycles. The molecule has 0 atom stereocenters. The van der Waals surface area contributed by atoms with Gasteiger partial charge in [-0.25, -0.2) is 4.98 Å². The van der Waals surface area contributed by atoms with Crippen molar-refractivity contribution in [2.45, 2.75) is 6.54 Å². The second kappa shape index (κ2) is 5.57. The van der Waals surface area contributed by atoms with Crippen LogP contribution in [0.3, 0.4) is 0 Å². The van der Waals surface area contributed by atoms with E-state index in [1.54, 1.807) is 0 Å². The van der Waals surface area contributed by atoms with Gasteiger partial charge in [-0.05, 0) is 28.2 Å².